The Morgan fingerprint density at radius 2 is 2.03 bits per heavy atom. The van der Waals surface area contributed by atoms with Crippen LogP contribution in [-0.2, 0) is 30.6 Å². The Hall–Kier alpha value is -4.33. The lowest BCUT2D eigenvalue weighted by molar-refractivity contribution is -0.689. The van der Waals surface area contributed by atoms with Crippen molar-refractivity contribution in [2.45, 2.75) is 49.7 Å². The van der Waals surface area contributed by atoms with Gasteiger partial charge >= 0.3 is 0 Å². The highest BCUT2D eigenvalue weighted by Gasteiger charge is 2.53. The summed E-state index contributed by atoms with van der Waals surface area (Å²) in [6.45, 7) is 0.280. The van der Waals surface area contributed by atoms with Crippen LogP contribution in [0.15, 0.2) is 59.3 Å². The van der Waals surface area contributed by atoms with Crippen molar-refractivity contribution < 1.29 is 33.7 Å². The number of nitrogens with one attached hydrogen (secondary N) is 2. The molecule has 0 spiro atoms. The summed E-state index contributed by atoms with van der Waals surface area (Å²) >= 11 is 1.34. The van der Waals surface area contributed by atoms with E-state index in [2.05, 4.69) is 25.8 Å². The number of carboxylic acid groups (broad SMARTS) is 1. The number of oxime groups is 1. The van der Waals surface area contributed by atoms with Crippen molar-refractivity contribution in [3.8, 4) is 0 Å². The van der Waals surface area contributed by atoms with Gasteiger partial charge in [0.25, 0.3) is 11.8 Å². The molecule has 4 heterocycles. The molecule has 2 aliphatic heterocycles. The molecule has 202 valence electrons. The molecule has 0 radical (unpaired) electrons. The maximum Gasteiger partial charge on any atom is 0.278 e. The summed E-state index contributed by atoms with van der Waals surface area (Å²) in [6, 6.07) is 5.93. The summed E-state index contributed by atoms with van der Waals surface area (Å²) in [7, 11) is 0. The van der Waals surface area contributed by atoms with Crippen LogP contribution in [0, 0.1) is 0 Å². The van der Waals surface area contributed by atoms with Gasteiger partial charge < -0.3 is 25.4 Å². The number of hydrogen-bond donors (Lipinski definition) is 2. The third kappa shape index (κ3) is 5.60. The zero-order chi connectivity index (χ0) is 27.4. The van der Waals surface area contributed by atoms with E-state index in [1.807, 2.05) is 22.8 Å². The second kappa shape index (κ2) is 11.6. The summed E-state index contributed by atoms with van der Waals surface area (Å²) in [5.74, 6) is -2.42. The van der Waals surface area contributed by atoms with Gasteiger partial charge in [0.05, 0.1) is 11.7 Å². The van der Waals surface area contributed by atoms with Crippen LogP contribution in [0.25, 0.3) is 0 Å². The Bertz CT molecular complexity index is 1350. The molecule has 0 aromatic carbocycles. The summed E-state index contributed by atoms with van der Waals surface area (Å²) in [4.78, 5) is 64.4. The highest BCUT2D eigenvalue weighted by molar-refractivity contribution is 8.00. The molecule has 13 nitrogen and oxygen atoms in total. The molecular weight excluding hydrogens is 526 g/mol. The van der Waals surface area contributed by atoms with Gasteiger partial charge in [-0.1, -0.05) is 11.2 Å². The van der Waals surface area contributed by atoms with Gasteiger partial charge in [-0.15, -0.1) is 11.8 Å². The molecule has 1 unspecified atom stereocenters. The van der Waals surface area contributed by atoms with Crippen LogP contribution in [0.4, 0.5) is 5.82 Å². The quantitative estimate of drug-likeness (QED) is 0.125. The van der Waals surface area contributed by atoms with E-state index in [9.17, 15) is 24.3 Å². The summed E-state index contributed by atoms with van der Waals surface area (Å²) in [5.41, 5.74) is 0.0889. The second-order valence-corrected chi connectivity index (χ2v) is 10.2. The van der Waals surface area contributed by atoms with Crippen LogP contribution in [0.3, 0.4) is 0 Å². The molecule has 14 heteroatoms. The monoisotopic (exact) mass is 551 g/mol. The zero-order valence-electron chi connectivity index (χ0n) is 20.7. The first-order valence-electron chi connectivity index (χ1n) is 12.4. The lowest BCUT2D eigenvalue weighted by Crippen LogP contribution is -2.71. The topological polar surface area (TPSA) is 170 Å². The van der Waals surface area contributed by atoms with Crippen LogP contribution in [0.1, 0.15) is 31.5 Å². The Labute approximate surface area is 227 Å². The number of carbonyl (C=O) groups is 4. The van der Waals surface area contributed by atoms with Crippen molar-refractivity contribution >= 4 is 47.5 Å². The molecule has 2 fully saturated rings. The van der Waals surface area contributed by atoms with Gasteiger partial charge in [0, 0.05) is 29.7 Å². The lowest BCUT2D eigenvalue weighted by atomic mass is 10.0. The molecule has 1 aliphatic carbocycles. The van der Waals surface area contributed by atoms with Crippen molar-refractivity contribution in [2.24, 2.45) is 5.16 Å². The molecule has 2 atom stereocenters. The number of amides is 3. The number of rotatable bonds is 10. The van der Waals surface area contributed by atoms with E-state index in [1.54, 1.807) is 12.4 Å². The molecule has 2 aromatic heterocycles. The van der Waals surface area contributed by atoms with Crippen LogP contribution >= 0.6 is 11.8 Å². The summed E-state index contributed by atoms with van der Waals surface area (Å²) in [5, 5.41) is 20.5. The molecule has 2 aromatic rings. The van der Waals surface area contributed by atoms with Gasteiger partial charge in [-0.05, 0) is 31.7 Å². The summed E-state index contributed by atoms with van der Waals surface area (Å²) in [6.07, 6.45) is 8.79. The third-order valence-corrected chi connectivity index (χ3v) is 7.90. The number of carboxylic acids is 1. The molecule has 3 aliphatic rings. The number of hydrogen-bond acceptors (Lipinski definition) is 10. The van der Waals surface area contributed by atoms with Crippen LogP contribution < -0.4 is 20.3 Å². The van der Waals surface area contributed by atoms with Crippen LogP contribution in [0.2, 0.25) is 0 Å². The number of anilines is 1. The van der Waals surface area contributed by atoms with E-state index in [0.717, 1.165) is 30.6 Å². The van der Waals surface area contributed by atoms with Crippen LogP contribution in [-0.4, -0.2) is 68.0 Å². The average Bonchev–Trinajstić information content (AvgIpc) is 3.46. The Balaban J connectivity index is 1.36. The van der Waals surface area contributed by atoms with Crippen LogP contribution in [0.5, 0.6) is 0 Å². The molecule has 2 N–H and O–H groups in total. The lowest BCUT2D eigenvalue weighted by Gasteiger charge is -2.50. The van der Waals surface area contributed by atoms with Crippen molar-refractivity contribution in [2.75, 3.05) is 11.1 Å². The Kier molecular flexibility index (Phi) is 7.81. The second-order valence-electron chi connectivity index (χ2n) is 9.13. The number of thioether (sulfide) groups is 1. The predicted octanol–water partition coefficient (Wildman–Crippen LogP) is -0.900. The van der Waals surface area contributed by atoms with Crippen molar-refractivity contribution in [3.05, 3.63) is 60.0 Å². The minimum Gasteiger partial charge on any atom is -0.543 e. The van der Waals surface area contributed by atoms with Gasteiger partial charge in [0.1, 0.15) is 23.3 Å². The molecule has 5 rings (SSSR count). The number of carbonyl (C=O) groups excluding carboxylic acids is 4. The highest BCUT2D eigenvalue weighted by Crippen LogP contribution is 2.40. The number of β-lactam (4-membered cyclic amide) rings is 1. The molecule has 3 amide bonds. The Morgan fingerprint density at radius 3 is 2.74 bits per heavy atom. The number of nitrogens with zero attached hydrogens (tertiary/aromatic N) is 5. The summed E-state index contributed by atoms with van der Waals surface area (Å²) < 4.78 is 1.81. The van der Waals surface area contributed by atoms with Crippen molar-refractivity contribution in [3.63, 3.8) is 0 Å². The average molecular weight is 552 g/mol. The number of aromatic nitrogens is 3. The van der Waals surface area contributed by atoms with Gasteiger partial charge in [-0.3, -0.25) is 19.3 Å². The largest absolute Gasteiger partial charge is 0.543 e. The van der Waals surface area contributed by atoms with E-state index in [-0.39, 0.29) is 35.7 Å². The number of aliphatic carboxylic acids is 1. The van der Waals surface area contributed by atoms with Gasteiger partial charge in [0.15, 0.2) is 24.8 Å². The predicted molar refractivity (Wildman–Crippen MR) is 135 cm³/mol. The van der Waals surface area contributed by atoms with Gasteiger partial charge in [-0.25, -0.2) is 14.5 Å². The minimum atomic E-state index is -1.45. The molecule has 1 saturated carbocycles. The maximum atomic E-state index is 13.3. The molecular formula is C25H25N7O6S. The van der Waals surface area contributed by atoms with E-state index >= 15 is 0 Å². The first-order valence-corrected chi connectivity index (χ1v) is 13.4. The van der Waals surface area contributed by atoms with E-state index in [0.29, 0.717) is 17.7 Å². The van der Waals surface area contributed by atoms with Gasteiger partial charge in [0.2, 0.25) is 12.1 Å². The minimum absolute atomic E-state index is 0.102. The first-order chi connectivity index (χ1) is 19.0. The van der Waals surface area contributed by atoms with Gasteiger partial charge in [-0.2, -0.15) is 0 Å². The van der Waals surface area contributed by atoms with Crippen molar-refractivity contribution in [1.82, 2.24) is 20.2 Å². The fourth-order valence-electron chi connectivity index (χ4n) is 4.68. The molecule has 39 heavy (non-hydrogen) atoms. The number of pyridine rings is 1. The fourth-order valence-corrected chi connectivity index (χ4v) is 6.02. The van der Waals surface area contributed by atoms with E-state index < -0.39 is 29.2 Å². The maximum absolute atomic E-state index is 13.3. The van der Waals surface area contributed by atoms with E-state index in [4.69, 9.17) is 4.84 Å². The zero-order valence-corrected chi connectivity index (χ0v) is 21.5. The van der Waals surface area contributed by atoms with E-state index in [1.165, 1.54) is 24.0 Å². The SMILES string of the molecule is O=CNc1ccnc(/C(=N/OC2CCCC2)C(=O)NC2C(=O)N3C(C(=O)[O-])=C(C[n+]4ccccc4)CS[C@H]23)n1. The standard InChI is InChI=1S/C25H25N7O6S/c33-14-27-17-8-9-26-21(28-17)18(30-38-16-6-2-3-7-16)22(34)29-19-23(35)32-20(25(36)37)15(13-39-24(19)32)12-31-10-4-1-5-11-31/h1,4-5,8-11,14,16,19,24H,2-3,6-7,12-13H2,(H2-,26,27,28,29,33,34,36,37)/b30-18-/t19?,24-/m1/s1. The highest BCUT2D eigenvalue weighted by atomic mass is 32.2. The Morgan fingerprint density at radius 1 is 1.26 bits per heavy atom. The molecule has 0 bridgehead atoms. The number of fused-ring (bicyclic) bond motifs is 1. The normalized spacial score (nSPS) is 21.2. The molecule has 1 saturated heterocycles. The third-order valence-electron chi connectivity index (χ3n) is 6.56. The fraction of sp³-hybridized carbons (Fsp3) is 0.360. The van der Waals surface area contributed by atoms with Crippen molar-refractivity contribution in [1.29, 1.82) is 0 Å². The first kappa shape index (κ1) is 26.3. The smallest absolute Gasteiger partial charge is 0.278 e.